The molecule has 1 fully saturated rings. The summed E-state index contributed by atoms with van der Waals surface area (Å²) in [5.41, 5.74) is 3.76. The Bertz CT molecular complexity index is 1030. The number of carbonyl (C=O) groups excluding carboxylic acids is 1. The fraction of sp³-hybridized carbons (Fsp3) is 0.375. The number of piperazine rings is 1. The van der Waals surface area contributed by atoms with Crippen molar-refractivity contribution in [3.8, 4) is 5.75 Å². The molecule has 1 amide bonds. The number of aromatic amines is 1. The highest BCUT2D eigenvalue weighted by atomic mass is 16.5. The largest absolute Gasteiger partial charge is 0.495 e. The van der Waals surface area contributed by atoms with Gasteiger partial charge >= 0.3 is 0 Å². The molecule has 0 spiro atoms. The third-order valence-corrected chi connectivity index (χ3v) is 6.05. The number of aryl methyl sites for hydroxylation is 1. The average Bonchev–Trinajstić information content (AvgIpc) is 3.09. The van der Waals surface area contributed by atoms with Gasteiger partial charge in [-0.3, -0.25) is 4.79 Å². The van der Waals surface area contributed by atoms with E-state index < -0.39 is 5.41 Å². The smallest absolute Gasteiger partial charge is 0.232 e. The molecule has 3 aromatic rings. The number of nitrogens with one attached hydrogen (secondary N) is 1. The Balaban J connectivity index is 1.54. The van der Waals surface area contributed by atoms with Crippen molar-refractivity contribution in [1.82, 2.24) is 9.88 Å². The molecule has 0 bridgehead atoms. The van der Waals surface area contributed by atoms with Gasteiger partial charge in [-0.05, 0) is 44.5 Å². The first-order valence-corrected chi connectivity index (χ1v) is 10.2. The fourth-order valence-electron chi connectivity index (χ4n) is 4.63. The Labute approximate surface area is 172 Å². The predicted molar refractivity (Wildman–Crippen MR) is 118 cm³/mol. The van der Waals surface area contributed by atoms with Gasteiger partial charge in [-0.15, -0.1) is 0 Å². The Kier molecular flexibility index (Phi) is 4.99. The van der Waals surface area contributed by atoms with E-state index in [0.29, 0.717) is 13.1 Å². The van der Waals surface area contributed by atoms with Gasteiger partial charge in [0.2, 0.25) is 5.91 Å². The van der Waals surface area contributed by atoms with Gasteiger partial charge in [0, 0.05) is 42.8 Å². The summed E-state index contributed by atoms with van der Waals surface area (Å²) >= 11 is 0. The molecule has 0 atom stereocenters. The van der Waals surface area contributed by atoms with Crippen molar-refractivity contribution in [3.63, 3.8) is 0 Å². The van der Waals surface area contributed by atoms with Crippen molar-refractivity contribution in [2.45, 2.75) is 26.2 Å². The van der Waals surface area contributed by atoms with Crippen molar-refractivity contribution in [2.75, 3.05) is 38.2 Å². The van der Waals surface area contributed by atoms with Crippen LogP contribution in [0, 0.1) is 6.92 Å². The summed E-state index contributed by atoms with van der Waals surface area (Å²) in [6.07, 6.45) is 0. The third-order valence-electron chi connectivity index (χ3n) is 6.05. The lowest BCUT2D eigenvalue weighted by Crippen LogP contribution is -2.53. The minimum Gasteiger partial charge on any atom is -0.495 e. The van der Waals surface area contributed by atoms with E-state index >= 15 is 0 Å². The molecule has 1 saturated heterocycles. The van der Waals surface area contributed by atoms with E-state index in [9.17, 15) is 4.79 Å². The Morgan fingerprint density at radius 3 is 2.38 bits per heavy atom. The Morgan fingerprint density at radius 1 is 1.00 bits per heavy atom. The van der Waals surface area contributed by atoms with Crippen LogP contribution in [-0.4, -0.2) is 49.1 Å². The van der Waals surface area contributed by atoms with Crippen molar-refractivity contribution in [3.05, 3.63) is 59.8 Å². The van der Waals surface area contributed by atoms with Crippen LogP contribution in [0.4, 0.5) is 5.69 Å². The van der Waals surface area contributed by atoms with Gasteiger partial charge in [0.1, 0.15) is 5.75 Å². The molecule has 4 rings (SSSR count). The summed E-state index contributed by atoms with van der Waals surface area (Å²) in [7, 11) is 1.70. The molecule has 29 heavy (non-hydrogen) atoms. The molecule has 0 saturated carbocycles. The maximum atomic E-state index is 13.5. The van der Waals surface area contributed by atoms with E-state index in [1.807, 2.05) is 49.1 Å². The molecule has 5 nitrogen and oxygen atoms in total. The van der Waals surface area contributed by atoms with Crippen LogP contribution in [0.25, 0.3) is 10.9 Å². The van der Waals surface area contributed by atoms with Crippen LogP contribution in [0.5, 0.6) is 5.75 Å². The SMILES string of the molecule is COc1ccccc1N1CCN(C(=O)C(C)(C)c2c(C)[nH]c3ccccc23)CC1. The van der Waals surface area contributed by atoms with Crippen LogP contribution >= 0.6 is 0 Å². The second kappa shape index (κ2) is 7.47. The molecule has 152 valence electrons. The highest BCUT2D eigenvalue weighted by molar-refractivity contribution is 5.95. The van der Waals surface area contributed by atoms with Crippen LogP contribution in [0.2, 0.25) is 0 Å². The van der Waals surface area contributed by atoms with E-state index in [0.717, 1.165) is 46.7 Å². The lowest BCUT2D eigenvalue weighted by molar-refractivity contribution is -0.136. The number of para-hydroxylation sites is 3. The predicted octanol–water partition coefficient (Wildman–Crippen LogP) is 4.11. The van der Waals surface area contributed by atoms with Crippen molar-refractivity contribution >= 4 is 22.5 Å². The van der Waals surface area contributed by atoms with Crippen molar-refractivity contribution < 1.29 is 9.53 Å². The summed E-state index contributed by atoms with van der Waals surface area (Å²) in [5.74, 6) is 1.06. The monoisotopic (exact) mass is 391 g/mol. The van der Waals surface area contributed by atoms with Gasteiger partial charge in [0.15, 0.2) is 0 Å². The molecule has 2 aromatic carbocycles. The zero-order chi connectivity index (χ0) is 20.6. The summed E-state index contributed by atoms with van der Waals surface area (Å²) in [4.78, 5) is 21.3. The number of aromatic nitrogens is 1. The topological polar surface area (TPSA) is 48.6 Å². The number of carbonyl (C=O) groups is 1. The number of ether oxygens (including phenoxy) is 1. The minimum absolute atomic E-state index is 0.185. The van der Waals surface area contributed by atoms with E-state index in [4.69, 9.17) is 4.74 Å². The number of amides is 1. The standard InChI is InChI=1S/C24H29N3O2/c1-17-22(18-9-5-6-10-19(18)25-17)24(2,3)23(28)27-15-13-26(14-16-27)20-11-7-8-12-21(20)29-4/h5-12,25H,13-16H2,1-4H3. The maximum absolute atomic E-state index is 13.5. The molecule has 1 N–H and O–H groups in total. The normalized spacial score (nSPS) is 15.0. The highest BCUT2D eigenvalue weighted by Crippen LogP contribution is 2.35. The number of rotatable bonds is 4. The van der Waals surface area contributed by atoms with E-state index in [2.05, 4.69) is 35.0 Å². The second-order valence-electron chi connectivity index (χ2n) is 8.25. The first-order chi connectivity index (χ1) is 13.9. The zero-order valence-corrected chi connectivity index (χ0v) is 17.7. The fourth-order valence-corrected chi connectivity index (χ4v) is 4.63. The lowest BCUT2D eigenvalue weighted by atomic mass is 9.81. The molecule has 5 heteroatoms. The number of hydrogen-bond donors (Lipinski definition) is 1. The lowest BCUT2D eigenvalue weighted by Gasteiger charge is -2.40. The first-order valence-electron chi connectivity index (χ1n) is 10.2. The summed E-state index contributed by atoms with van der Waals surface area (Å²) in [6, 6.07) is 16.3. The van der Waals surface area contributed by atoms with E-state index in [1.54, 1.807) is 7.11 Å². The van der Waals surface area contributed by atoms with Crippen molar-refractivity contribution in [2.24, 2.45) is 0 Å². The van der Waals surface area contributed by atoms with Crippen LogP contribution in [-0.2, 0) is 10.2 Å². The molecule has 1 aliphatic rings. The molecule has 0 aliphatic carbocycles. The van der Waals surface area contributed by atoms with Crippen LogP contribution in [0.1, 0.15) is 25.1 Å². The summed E-state index contributed by atoms with van der Waals surface area (Å²) in [6.45, 7) is 9.17. The van der Waals surface area contributed by atoms with Crippen LogP contribution < -0.4 is 9.64 Å². The molecule has 1 aliphatic heterocycles. The van der Waals surface area contributed by atoms with Crippen LogP contribution in [0.3, 0.4) is 0 Å². The Morgan fingerprint density at radius 2 is 1.66 bits per heavy atom. The third kappa shape index (κ3) is 3.35. The minimum atomic E-state index is -0.587. The Hall–Kier alpha value is -2.95. The van der Waals surface area contributed by atoms with Crippen LogP contribution in [0.15, 0.2) is 48.5 Å². The van der Waals surface area contributed by atoms with Gasteiger partial charge in [-0.2, -0.15) is 0 Å². The molecule has 0 radical (unpaired) electrons. The quantitative estimate of drug-likeness (QED) is 0.728. The first kappa shape index (κ1) is 19.4. The van der Waals surface area contributed by atoms with Gasteiger partial charge in [0.05, 0.1) is 18.2 Å². The molecule has 2 heterocycles. The number of methoxy groups -OCH3 is 1. The highest BCUT2D eigenvalue weighted by Gasteiger charge is 2.38. The molecular formula is C24H29N3O2. The summed E-state index contributed by atoms with van der Waals surface area (Å²) < 4.78 is 5.50. The summed E-state index contributed by atoms with van der Waals surface area (Å²) in [5, 5.41) is 1.14. The van der Waals surface area contributed by atoms with E-state index in [1.165, 1.54) is 0 Å². The maximum Gasteiger partial charge on any atom is 0.232 e. The van der Waals surface area contributed by atoms with Gasteiger partial charge in [-0.25, -0.2) is 0 Å². The average molecular weight is 392 g/mol. The number of anilines is 1. The van der Waals surface area contributed by atoms with Gasteiger partial charge in [-0.1, -0.05) is 30.3 Å². The van der Waals surface area contributed by atoms with Gasteiger partial charge in [0.25, 0.3) is 0 Å². The number of fused-ring (bicyclic) bond motifs is 1. The number of nitrogens with zero attached hydrogens (tertiary/aromatic N) is 2. The van der Waals surface area contributed by atoms with E-state index in [-0.39, 0.29) is 5.91 Å². The number of benzene rings is 2. The number of hydrogen-bond acceptors (Lipinski definition) is 3. The molecule has 0 unspecified atom stereocenters. The van der Waals surface area contributed by atoms with Gasteiger partial charge < -0.3 is 19.5 Å². The molecule has 1 aromatic heterocycles. The zero-order valence-electron chi connectivity index (χ0n) is 17.7. The molecular weight excluding hydrogens is 362 g/mol. The number of H-pyrrole nitrogens is 1. The van der Waals surface area contributed by atoms with Crippen molar-refractivity contribution in [1.29, 1.82) is 0 Å². The second-order valence-corrected chi connectivity index (χ2v) is 8.25.